The third-order valence-corrected chi connectivity index (χ3v) is 3.07. The molecule has 0 radical (unpaired) electrons. The highest BCUT2D eigenvalue weighted by Gasteiger charge is 2.17. The largest absolute Gasteiger partial charge is 0.446 e. The Kier molecular flexibility index (Phi) is 4.09. The zero-order chi connectivity index (χ0) is 11.5. The summed E-state index contributed by atoms with van der Waals surface area (Å²) in [6.45, 7) is 3.24. The molecule has 7 heteroatoms. The van der Waals surface area contributed by atoms with Crippen molar-refractivity contribution in [2.45, 2.75) is 11.7 Å². The second kappa shape index (κ2) is 4.93. The van der Waals surface area contributed by atoms with Crippen LogP contribution >= 0.6 is 15.9 Å². The maximum Gasteiger partial charge on any atom is 0.274 e. The van der Waals surface area contributed by atoms with Gasteiger partial charge in [0.1, 0.15) is 12.4 Å². The minimum absolute atomic E-state index is 0.0808. The number of aliphatic hydroxyl groups is 1. The topological polar surface area (TPSA) is 79.5 Å². The zero-order valence-corrected chi connectivity index (χ0v) is 10.1. The van der Waals surface area contributed by atoms with E-state index < -0.39 is 10.0 Å². The maximum atomic E-state index is 11.5. The first-order valence-electron chi connectivity index (χ1n) is 3.98. The predicted octanol–water partition coefficient (Wildman–Crippen LogP) is 0.959. The van der Waals surface area contributed by atoms with Gasteiger partial charge in [0.05, 0.1) is 0 Å². The Morgan fingerprint density at radius 2 is 2.27 bits per heavy atom. The molecule has 0 atom stereocenters. The van der Waals surface area contributed by atoms with Crippen LogP contribution in [0, 0.1) is 0 Å². The molecular formula is C8H10BrNO4S. The molecule has 0 bridgehead atoms. The summed E-state index contributed by atoms with van der Waals surface area (Å²) in [5, 5.41) is 8.48. The normalized spacial score (nSPS) is 11.6. The van der Waals surface area contributed by atoms with Gasteiger partial charge in [0.2, 0.25) is 5.09 Å². The average Bonchev–Trinajstić information content (AvgIpc) is 2.63. The molecule has 5 nitrogen and oxygen atoms in total. The van der Waals surface area contributed by atoms with Crippen molar-refractivity contribution in [1.82, 2.24) is 4.72 Å². The van der Waals surface area contributed by atoms with E-state index in [0.29, 0.717) is 4.48 Å². The molecule has 0 fully saturated rings. The molecule has 0 aromatic carbocycles. The fourth-order valence-corrected chi connectivity index (χ4v) is 2.13. The molecule has 2 N–H and O–H groups in total. The Labute approximate surface area is 96.0 Å². The molecule has 0 aliphatic carbocycles. The van der Waals surface area contributed by atoms with Crippen molar-refractivity contribution >= 4 is 26.0 Å². The molecule has 84 valence electrons. The molecule has 0 amide bonds. The van der Waals surface area contributed by atoms with E-state index in [-0.39, 0.29) is 24.0 Å². The van der Waals surface area contributed by atoms with Crippen LogP contribution in [0.25, 0.3) is 0 Å². The van der Waals surface area contributed by atoms with E-state index in [1.807, 2.05) is 0 Å². The lowest BCUT2D eigenvalue weighted by molar-refractivity contribution is 0.236. The molecule has 1 aromatic rings. The molecule has 0 aliphatic heterocycles. The first kappa shape index (κ1) is 12.4. The number of furan rings is 1. The molecule has 0 unspecified atom stereocenters. The minimum atomic E-state index is -3.66. The summed E-state index contributed by atoms with van der Waals surface area (Å²) >= 11 is 3.03. The predicted molar refractivity (Wildman–Crippen MR) is 57.9 cm³/mol. The molecular weight excluding hydrogens is 286 g/mol. The van der Waals surface area contributed by atoms with Crippen molar-refractivity contribution in [3.8, 4) is 0 Å². The fourth-order valence-electron chi connectivity index (χ4n) is 0.832. The monoisotopic (exact) mass is 295 g/mol. The summed E-state index contributed by atoms with van der Waals surface area (Å²) in [6.07, 6.45) is 0. The van der Waals surface area contributed by atoms with E-state index in [1.54, 1.807) is 0 Å². The van der Waals surface area contributed by atoms with Gasteiger partial charge in [0, 0.05) is 11.0 Å². The number of sulfonamides is 1. The van der Waals surface area contributed by atoms with E-state index in [9.17, 15) is 8.42 Å². The maximum absolute atomic E-state index is 11.5. The summed E-state index contributed by atoms with van der Waals surface area (Å²) < 4.78 is 30.7. The quantitative estimate of drug-likeness (QED) is 0.848. The smallest absolute Gasteiger partial charge is 0.274 e. The van der Waals surface area contributed by atoms with Crippen LogP contribution in [0.4, 0.5) is 0 Å². The number of halogens is 1. The van der Waals surface area contributed by atoms with E-state index in [2.05, 4.69) is 27.2 Å². The highest BCUT2D eigenvalue weighted by atomic mass is 79.9. The van der Waals surface area contributed by atoms with Gasteiger partial charge < -0.3 is 9.52 Å². The highest BCUT2D eigenvalue weighted by molar-refractivity contribution is 9.11. The van der Waals surface area contributed by atoms with Crippen molar-refractivity contribution in [3.63, 3.8) is 0 Å². The van der Waals surface area contributed by atoms with Gasteiger partial charge in [-0.1, -0.05) is 22.5 Å². The third kappa shape index (κ3) is 3.45. The summed E-state index contributed by atoms with van der Waals surface area (Å²) in [4.78, 5) is 0. The average molecular weight is 296 g/mol. The van der Waals surface area contributed by atoms with Crippen LogP contribution < -0.4 is 4.72 Å². The Balaban J connectivity index is 2.81. The van der Waals surface area contributed by atoms with Gasteiger partial charge in [-0.15, -0.1) is 0 Å². The molecule has 0 saturated carbocycles. The van der Waals surface area contributed by atoms with Gasteiger partial charge >= 0.3 is 0 Å². The molecule has 0 saturated heterocycles. The van der Waals surface area contributed by atoms with Gasteiger partial charge in [0.15, 0.2) is 0 Å². The van der Waals surface area contributed by atoms with Gasteiger partial charge in [0.25, 0.3) is 10.0 Å². The first-order valence-corrected chi connectivity index (χ1v) is 6.26. The SMILES string of the molecule is C=C(Br)CNS(=O)(=O)c1ccc(CO)o1. The van der Waals surface area contributed by atoms with Gasteiger partial charge in [-0.05, 0) is 12.1 Å². The lowest BCUT2D eigenvalue weighted by Gasteiger charge is -2.02. The van der Waals surface area contributed by atoms with Crippen molar-refractivity contribution in [2.24, 2.45) is 0 Å². The summed E-state index contributed by atoms with van der Waals surface area (Å²) in [6, 6.07) is 2.68. The Morgan fingerprint density at radius 3 is 2.73 bits per heavy atom. The van der Waals surface area contributed by atoms with Gasteiger partial charge in [-0.2, -0.15) is 0 Å². The Morgan fingerprint density at radius 1 is 1.60 bits per heavy atom. The van der Waals surface area contributed by atoms with E-state index in [4.69, 9.17) is 9.52 Å². The second-order valence-corrected chi connectivity index (χ2v) is 5.54. The van der Waals surface area contributed by atoms with Crippen LogP contribution in [-0.2, 0) is 16.6 Å². The van der Waals surface area contributed by atoms with Crippen LogP contribution in [0.3, 0.4) is 0 Å². The number of aliphatic hydroxyl groups excluding tert-OH is 1. The standard InChI is InChI=1S/C8H10BrNO4S/c1-6(9)4-10-15(12,13)8-3-2-7(5-11)14-8/h2-3,10-11H,1,4-5H2. The van der Waals surface area contributed by atoms with Gasteiger partial charge in [-0.25, -0.2) is 13.1 Å². The summed E-state index contributed by atoms with van der Waals surface area (Å²) in [5.41, 5.74) is 0. The fraction of sp³-hybridized carbons (Fsp3) is 0.250. The number of nitrogens with one attached hydrogen (secondary N) is 1. The molecule has 0 spiro atoms. The molecule has 1 rings (SSSR count). The molecule has 15 heavy (non-hydrogen) atoms. The van der Waals surface area contributed by atoms with Crippen LogP contribution in [0.1, 0.15) is 5.76 Å². The zero-order valence-electron chi connectivity index (χ0n) is 7.73. The van der Waals surface area contributed by atoms with Crippen molar-refractivity contribution in [1.29, 1.82) is 0 Å². The lowest BCUT2D eigenvalue weighted by Crippen LogP contribution is -2.24. The van der Waals surface area contributed by atoms with Crippen molar-refractivity contribution < 1.29 is 17.9 Å². The highest BCUT2D eigenvalue weighted by Crippen LogP contribution is 2.14. The second-order valence-electron chi connectivity index (χ2n) is 2.72. The number of rotatable bonds is 5. The van der Waals surface area contributed by atoms with E-state index in [1.165, 1.54) is 12.1 Å². The summed E-state index contributed by atoms with van der Waals surface area (Å²) in [7, 11) is -3.66. The minimum Gasteiger partial charge on any atom is -0.446 e. The van der Waals surface area contributed by atoms with Crippen molar-refractivity contribution in [2.75, 3.05) is 6.54 Å². The lowest BCUT2D eigenvalue weighted by atomic mass is 10.5. The first-order chi connectivity index (χ1) is 6.95. The van der Waals surface area contributed by atoms with Crippen LogP contribution in [0.2, 0.25) is 0 Å². The third-order valence-electron chi connectivity index (χ3n) is 1.51. The van der Waals surface area contributed by atoms with Crippen LogP contribution in [-0.4, -0.2) is 20.1 Å². The summed E-state index contributed by atoms with van der Waals surface area (Å²) in [5.74, 6) is 0.202. The van der Waals surface area contributed by atoms with Crippen LogP contribution in [0.5, 0.6) is 0 Å². The van der Waals surface area contributed by atoms with E-state index in [0.717, 1.165) is 0 Å². The van der Waals surface area contributed by atoms with Crippen LogP contribution in [0.15, 0.2) is 32.7 Å². The number of hydrogen-bond donors (Lipinski definition) is 2. The number of hydrogen-bond acceptors (Lipinski definition) is 4. The molecule has 1 heterocycles. The van der Waals surface area contributed by atoms with Crippen molar-refractivity contribution in [3.05, 3.63) is 29.0 Å². The molecule has 1 aromatic heterocycles. The Bertz CT molecular complexity index is 451. The van der Waals surface area contributed by atoms with Gasteiger partial charge in [-0.3, -0.25) is 0 Å². The van der Waals surface area contributed by atoms with E-state index >= 15 is 0 Å². The Hall–Kier alpha value is -0.630. The molecule has 0 aliphatic rings.